The van der Waals surface area contributed by atoms with Crippen LogP contribution in [0, 0.1) is 5.41 Å². The molecule has 0 saturated heterocycles. The van der Waals surface area contributed by atoms with Gasteiger partial charge in [-0.15, -0.1) is 11.3 Å². The number of amides is 2. The van der Waals surface area contributed by atoms with Crippen LogP contribution in [0.5, 0.6) is 0 Å². The van der Waals surface area contributed by atoms with E-state index in [1.807, 2.05) is 38.3 Å². The molecule has 0 unspecified atom stereocenters. The Morgan fingerprint density at radius 3 is 2.92 bits per heavy atom. The maximum absolute atomic E-state index is 12.5. The summed E-state index contributed by atoms with van der Waals surface area (Å²) in [4.78, 5) is 34.9. The minimum Gasteiger partial charge on any atom is -0.302 e. The van der Waals surface area contributed by atoms with Crippen molar-refractivity contribution in [1.29, 1.82) is 0 Å². The molecule has 126 valence electrons. The molecule has 0 spiro atoms. The third-order valence-corrected chi connectivity index (χ3v) is 4.62. The van der Waals surface area contributed by atoms with E-state index in [0.29, 0.717) is 17.4 Å². The first-order valence-electron chi connectivity index (χ1n) is 7.85. The van der Waals surface area contributed by atoms with Crippen molar-refractivity contribution in [2.75, 3.05) is 16.8 Å². The summed E-state index contributed by atoms with van der Waals surface area (Å²) < 4.78 is 0. The zero-order chi connectivity index (χ0) is 17.3. The quantitative estimate of drug-likeness (QED) is 0.929. The average molecular weight is 344 g/mol. The topological polar surface area (TPSA) is 75.2 Å². The first kappa shape index (κ1) is 16.6. The van der Waals surface area contributed by atoms with E-state index >= 15 is 0 Å². The molecule has 2 aromatic rings. The first-order chi connectivity index (χ1) is 11.3. The van der Waals surface area contributed by atoms with Crippen LogP contribution in [0.3, 0.4) is 0 Å². The highest BCUT2D eigenvalue weighted by Gasteiger charge is 2.26. The van der Waals surface area contributed by atoms with Gasteiger partial charge >= 0.3 is 0 Å². The highest BCUT2D eigenvalue weighted by molar-refractivity contribution is 7.13. The van der Waals surface area contributed by atoms with Gasteiger partial charge in [-0.3, -0.25) is 14.5 Å². The molecule has 0 atom stereocenters. The normalized spacial score (nSPS) is 13.7. The van der Waals surface area contributed by atoms with Crippen LogP contribution in [0.2, 0.25) is 0 Å². The van der Waals surface area contributed by atoms with Crippen molar-refractivity contribution in [2.45, 2.75) is 33.6 Å². The van der Waals surface area contributed by atoms with Gasteiger partial charge < -0.3 is 5.32 Å². The molecule has 6 nitrogen and oxygen atoms in total. The summed E-state index contributed by atoms with van der Waals surface area (Å²) in [5, 5.41) is 5.13. The molecule has 3 heterocycles. The molecule has 2 amide bonds. The lowest BCUT2D eigenvalue weighted by molar-refractivity contribution is -0.123. The summed E-state index contributed by atoms with van der Waals surface area (Å²) in [6.07, 6.45) is 2.74. The van der Waals surface area contributed by atoms with E-state index in [9.17, 15) is 9.59 Å². The zero-order valence-electron chi connectivity index (χ0n) is 14.0. The lowest BCUT2D eigenvalue weighted by atomic mass is 9.96. The van der Waals surface area contributed by atoms with Crippen LogP contribution in [-0.2, 0) is 22.4 Å². The maximum Gasteiger partial charge on any atom is 0.234 e. The molecular formula is C17H20N4O2S. The van der Waals surface area contributed by atoms with Crippen molar-refractivity contribution >= 4 is 34.1 Å². The van der Waals surface area contributed by atoms with Crippen LogP contribution in [0.1, 0.15) is 32.0 Å². The van der Waals surface area contributed by atoms with E-state index in [2.05, 4.69) is 15.3 Å². The number of aromatic nitrogens is 2. The first-order valence-corrected chi connectivity index (χ1v) is 8.72. The van der Waals surface area contributed by atoms with Crippen molar-refractivity contribution in [3.63, 3.8) is 0 Å². The Bertz CT molecular complexity index is 779. The fourth-order valence-corrected chi connectivity index (χ4v) is 3.14. The second kappa shape index (κ2) is 6.32. The van der Waals surface area contributed by atoms with Gasteiger partial charge in [-0.2, -0.15) is 0 Å². The molecule has 0 saturated carbocycles. The van der Waals surface area contributed by atoms with E-state index in [-0.39, 0.29) is 18.2 Å². The molecule has 0 aromatic carbocycles. The van der Waals surface area contributed by atoms with Crippen molar-refractivity contribution in [3.05, 3.63) is 35.0 Å². The molecule has 0 fully saturated rings. The number of nitrogens with zero attached hydrogens (tertiary/aromatic N) is 3. The number of nitrogens with one attached hydrogen (secondary N) is 1. The Kier molecular flexibility index (Phi) is 4.36. The molecule has 1 aliphatic rings. The Morgan fingerprint density at radius 1 is 1.38 bits per heavy atom. The lowest BCUT2D eigenvalue weighted by Gasteiger charge is -2.16. The lowest BCUT2D eigenvalue weighted by Crippen LogP contribution is -2.31. The monoisotopic (exact) mass is 344 g/mol. The molecule has 3 rings (SSSR count). The number of anilines is 2. The number of fused-ring (bicyclic) bond motifs is 1. The molecule has 2 aromatic heterocycles. The molecule has 0 radical (unpaired) electrons. The van der Waals surface area contributed by atoms with E-state index < -0.39 is 5.41 Å². The van der Waals surface area contributed by atoms with Crippen LogP contribution >= 0.6 is 11.3 Å². The molecule has 7 heteroatoms. The second-order valence-corrected chi connectivity index (χ2v) is 7.66. The Labute approximate surface area is 144 Å². The van der Waals surface area contributed by atoms with E-state index in [0.717, 1.165) is 17.8 Å². The van der Waals surface area contributed by atoms with E-state index in [1.54, 1.807) is 11.1 Å². The van der Waals surface area contributed by atoms with Crippen molar-refractivity contribution in [1.82, 2.24) is 9.97 Å². The second-order valence-electron chi connectivity index (χ2n) is 6.81. The summed E-state index contributed by atoms with van der Waals surface area (Å²) in [6.45, 7) is 6.19. The number of hydrogen-bond donors (Lipinski definition) is 1. The average Bonchev–Trinajstić information content (AvgIpc) is 3.13. The third-order valence-electron chi connectivity index (χ3n) is 3.81. The Balaban J connectivity index is 1.65. The van der Waals surface area contributed by atoms with Crippen molar-refractivity contribution < 1.29 is 9.59 Å². The Morgan fingerprint density at radius 2 is 2.17 bits per heavy atom. The smallest absolute Gasteiger partial charge is 0.234 e. The standard InChI is InChI=1S/C17H20N4O2S/c1-17(2,3)15(23)20-16-19-12(10-24-16)9-13(22)21-8-6-11-5-4-7-18-14(11)21/h4-5,7,10H,6,8-9H2,1-3H3,(H,19,20,23). The highest BCUT2D eigenvalue weighted by atomic mass is 32.1. The van der Waals surface area contributed by atoms with Gasteiger partial charge in [-0.1, -0.05) is 26.8 Å². The van der Waals surface area contributed by atoms with Gasteiger partial charge in [-0.25, -0.2) is 9.97 Å². The van der Waals surface area contributed by atoms with Gasteiger partial charge in [-0.05, 0) is 18.1 Å². The van der Waals surface area contributed by atoms with E-state index in [4.69, 9.17) is 0 Å². The molecule has 0 bridgehead atoms. The fraction of sp³-hybridized carbons (Fsp3) is 0.412. The number of rotatable bonds is 3. The minimum absolute atomic E-state index is 0.0218. The number of pyridine rings is 1. The van der Waals surface area contributed by atoms with Crippen LogP contribution in [0.15, 0.2) is 23.7 Å². The molecule has 1 aliphatic heterocycles. The summed E-state index contributed by atoms with van der Waals surface area (Å²) >= 11 is 1.33. The molecular weight excluding hydrogens is 324 g/mol. The van der Waals surface area contributed by atoms with Gasteiger partial charge in [0.15, 0.2) is 5.13 Å². The van der Waals surface area contributed by atoms with Gasteiger partial charge in [0.25, 0.3) is 0 Å². The van der Waals surface area contributed by atoms with Crippen LogP contribution in [0.4, 0.5) is 10.9 Å². The SMILES string of the molecule is CC(C)(C)C(=O)Nc1nc(CC(=O)N2CCc3cccnc32)cs1. The summed E-state index contributed by atoms with van der Waals surface area (Å²) in [7, 11) is 0. The molecule has 1 N–H and O–H groups in total. The predicted molar refractivity (Wildman–Crippen MR) is 94.2 cm³/mol. The zero-order valence-corrected chi connectivity index (χ0v) is 14.8. The summed E-state index contributed by atoms with van der Waals surface area (Å²) in [5.41, 5.74) is 1.29. The Hall–Kier alpha value is -2.28. The van der Waals surface area contributed by atoms with E-state index in [1.165, 1.54) is 11.3 Å². The number of carbonyl (C=O) groups excluding carboxylic acids is 2. The van der Waals surface area contributed by atoms with Crippen LogP contribution in [-0.4, -0.2) is 28.3 Å². The number of thiazole rings is 1. The highest BCUT2D eigenvalue weighted by Crippen LogP contribution is 2.26. The van der Waals surface area contributed by atoms with Gasteiger partial charge in [0.2, 0.25) is 11.8 Å². The number of hydrogen-bond acceptors (Lipinski definition) is 5. The van der Waals surface area contributed by atoms with Gasteiger partial charge in [0.1, 0.15) is 5.82 Å². The number of carbonyl (C=O) groups is 2. The largest absolute Gasteiger partial charge is 0.302 e. The van der Waals surface area contributed by atoms with Crippen LogP contribution in [0.25, 0.3) is 0 Å². The maximum atomic E-state index is 12.5. The summed E-state index contributed by atoms with van der Waals surface area (Å²) in [6, 6.07) is 3.88. The summed E-state index contributed by atoms with van der Waals surface area (Å²) in [5.74, 6) is 0.637. The minimum atomic E-state index is -0.480. The predicted octanol–water partition coefficient (Wildman–Crippen LogP) is 2.65. The van der Waals surface area contributed by atoms with Crippen molar-refractivity contribution in [2.24, 2.45) is 5.41 Å². The van der Waals surface area contributed by atoms with Crippen LogP contribution < -0.4 is 10.2 Å². The van der Waals surface area contributed by atoms with Gasteiger partial charge in [0, 0.05) is 23.5 Å². The molecule has 24 heavy (non-hydrogen) atoms. The van der Waals surface area contributed by atoms with Crippen molar-refractivity contribution in [3.8, 4) is 0 Å². The van der Waals surface area contributed by atoms with Gasteiger partial charge in [0.05, 0.1) is 12.1 Å². The third kappa shape index (κ3) is 3.46. The molecule has 0 aliphatic carbocycles. The fourth-order valence-electron chi connectivity index (χ4n) is 2.43.